The second-order valence-corrected chi connectivity index (χ2v) is 4.98. The summed E-state index contributed by atoms with van der Waals surface area (Å²) in [5, 5.41) is 0. The maximum atomic E-state index is 12.5. The van der Waals surface area contributed by atoms with Gasteiger partial charge in [-0.3, -0.25) is 9.59 Å². The number of methoxy groups -OCH3 is 1. The number of nitrogens with zero attached hydrogens (tertiary/aromatic N) is 1. The van der Waals surface area contributed by atoms with Crippen LogP contribution < -0.4 is 5.73 Å². The number of allylic oxidation sites excluding steroid dienone is 2. The highest BCUT2D eigenvalue weighted by Gasteiger charge is 2.64. The second-order valence-electron chi connectivity index (χ2n) is 4.98. The number of likely N-dealkylation sites (tertiary alicyclic amines) is 1. The van der Waals surface area contributed by atoms with E-state index < -0.39 is 23.7 Å². The Morgan fingerprint density at radius 3 is 2.86 bits per heavy atom. The molecule has 0 saturated carbocycles. The van der Waals surface area contributed by atoms with Crippen molar-refractivity contribution in [1.29, 1.82) is 0 Å². The summed E-state index contributed by atoms with van der Waals surface area (Å²) >= 11 is 0. The van der Waals surface area contributed by atoms with E-state index in [2.05, 4.69) is 23.7 Å². The van der Waals surface area contributed by atoms with Crippen molar-refractivity contribution in [3.8, 4) is 23.7 Å². The molecule has 0 unspecified atom stereocenters. The first kappa shape index (κ1) is 16.1. The van der Waals surface area contributed by atoms with E-state index >= 15 is 0 Å². The van der Waals surface area contributed by atoms with Gasteiger partial charge in [0.1, 0.15) is 6.04 Å². The molecule has 0 aromatic heterocycles. The molecule has 0 aromatic carbocycles. The van der Waals surface area contributed by atoms with Crippen LogP contribution in [0.15, 0.2) is 12.2 Å². The molecule has 1 saturated heterocycles. The molecule has 2 rings (SSSR count). The Morgan fingerprint density at radius 2 is 2.23 bits per heavy atom. The van der Waals surface area contributed by atoms with Gasteiger partial charge >= 0.3 is 5.97 Å². The number of carbonyl (C=O) groups is 2. The molecule has 0 radical (unpaired) electrons. The second kappa shape index (κ2) is 6.65. The van der Waals surface area contributed by atoms with E-state index in [0.717, 1.165) is 0 Å². The maximum Gasteiger partial charge on any atom is 0.303 e. The summed E-state index contributed by atoms with van der Waals surface area (Å²) in [7, 11) is 1.45. The number of fused-ring (bicyclic) bond motifs is 1. The lowest BCUT2D eigenvalue weighted by Crippen LogP contribution is -2.78. The van der Waals surface area contributed by atoms with Gasteiger partial charge in [0.15, 0.2) is 11.7 Å². The van der Waals surface area contributed by atoms with Crippen molar-refractivity contribution in [3.63, 3.8) is 0 Å². The molecule has 1 aliphatic carbocycles. The lowest BCUT2D eigenvalue weighted by Gasteiger charge is -2.55. The minimum absolute atomic E-state index is 0.205. The van der Waals surface area contributed by atoms with Gasteiger partial charge in [0.2, 0.25) is 0 Å². The third kappa shape index (κ3) is 2.71. The summed E-state index contributed by atoms with van der Waals surface area (Å²) < 4.78 is 10.8. The monoisotopic (exact) mass is 302 g/mol. The van der Waals surface area contributed by atoms with Crippen molar-refractivity contribution in [2.75, 3.05) is 20.2 Å². The van der Waals surface area contributed by atoms with E-state index in [1.54, 1.807) is 17.1 Å². The number of esters is 1. The first-order chi connectivity index (χ1) is 10.6. The molecule has 0 aromatic rings. The smallest absolute Gasteiger partial charge is 0.303 e. The number of β-lactam (4-membered cyclic amide) rings is 1. The zero-order chi connectivity index (χ0) is 16.2. The number of ether oxygens (including phenoxy) is 2. The van der Waals surface area contributed by atoms with Crippen LogP contribution >= 0.6 is 0 Å². The first-order valence-electron chi connectivity index (χ1n) is 6.95. The van der Waals surface area contributed by atoms with Gasteiger partial charge in [-0.15, -0.1) is 0 Å². The van der Waals surface area contributed by atoms with Crippen LogP contribution in [0.1, 0.15) is 13.3 Å². The predicted molar refractivity (Wildman–Crippen MR) is 79.2 cm³/mol. The summed E-state index contributed by atoms with van der Waals surface area (Å²) in [5.41, 5.74) is 4.41. The summed E-state index contributed by atoms with van der Waals surface area (Å²) in [5.74, 6) is 10.7. The minimum Gasteiger partial charge on any atom is -0.447 e. The van der Waals surface area contributed by atoms with Crippen molar-refractivity contribution < 1.29 is 19.1 Å². The molecule has 6 heteroatoms. The average Bonchev–Trinajstić information content (AvgIpc) is 2.49. The normalized spacial score (nSPS) is 30.7. The Morgan fingerprint density at radius 1 is 1.50 bits per heavy atom. The fourth-order valence-electron chi connectivity index (χ4n) is 2.74. The van der Waals surface area contributed by atoms with Gasteiger partial charge in [0, 0.05) is 33.5 Å². The van der Waals surface area contributed by atoms with Gasteiger partial charge in [-0.25, -0.2) is 0 Å². The maximum absolute atomic E-state index is 12.5. The van der Waals surface area contributed by atoms with Crippen LogP contribution in [0, 0.1) is 23.7 Å². The lowest BCUT2D eigenvalue weighted by molar-refractivity contribution is -0.210. The minimum atomic E-state index is -1.15. The number of hydrogen-bond acceptors (Lipinski definition) is 5. The third-order valence-corrected chi connectivity index (χ3v) is 3.68. The molecule has 116 valence electrons. The van der Waals surface area contributed by atoms with Crippen molar-refractivity contribution >= 4 is 11.9 Å². The van der Waals surface area contributed by atoms with E-state index in [0.29, 0.717) is 13.1 Å². The highest BCUT2D eigenvalue weighted by Crippen LogP contribution is 2.39. The van der Waals surface area contributed by atoms with Crippen LogP contribution in [0.25, 0.3) is 0 Å². The molecule has 2 aliphatic rings. The van der Waals surface area contributed by atoms with E-state index in [9.17, 15) is 9.59 Å². The molecule has 6 nitrogen and oxygen atoms in total. The van der Waals surface area contributed by atoms with Crippen LogP contribution in [0.3, 0.4) is 0 Å². The number of rotatable bonds is 4. The standard InChI is InChI=1S/C16H18N2O4/c1-12(19)22-13-8-6-4-3-5-7-9-16(21-2)14(13)18(11-10-17)15(16)20/h3-4,13-14H,9-11,17H2,1-2H3/b4-3-/t13-,14+,16-/m1/s1. The van der Waals surface area contributed by atoms with Gasteiger partial charge in [0.05, 0.1) is 0 Å². The van der Waals surface area contributed by atoms with Gasteiger partial charge in [-0.1, -0.05) is 23.7 Å². The summed E-state index contributed by atoms with van der Waals surface area (Å²) in [6.45, 7) is 1.95. The van der Waals surface area contributed by atoms with Crippen LogP contribution in [0.5, 0.6) is 0 Å². The molecule has 1 aliphatic heterocycles. The Labute approximate surface area is 129 Å². The van der Waals surface area contributed by atoms with Gasteiger partial charge in [-0.2, -0.15) is 0 Å². The lowest BCUT2D eigenvalue weighted by atomic mass is 9.76. The quantitative estimate of drug-likeness (QED) is 0.428. The van der Waals surface area contributed by atoms with E-state index in [1.807, 2.05) is 0 Å². The zero-order valence-corrected chi connectivity index (χ0v) is 12.6. The first-order valence-corrected chi connectivity index (χ1v) is 6.95. The van der Waals surface area contributed by atoms with Crippen LogP contribution in [-0.2, 0) is 19.1 Å². The van der Waals surface area contributed by atoms with Crippen molar-refractivity contribution in [2.45, 2.75) is 31.1 Å². The molecule has 3 atom stereocenters. The highest BCUT2D eigenvalue weighted by molar-refractivity contribution is 5.94. The SMILES string of the molecule is CO[C@]12CC#C/C=C\C#C[C@@H](OC(C)=O)[C@@H]1N(CCN)C2=O. The van der Waals surface area contributed by atoms with E-state index in [1.165, 1.54) is 14.0 Å². The van der Waals surface area contributed by atoms with Gasteiger partial charge < -0.3 is 20.1 Å². The molecule has 1 heterocycles. The highest BCUT2D eigenvalue weighted by atomic mass is 16.6. The fraction of sp³-hybridized carbons (Fsp3) is 0.500. The third-order valence-electron chi connectivity index (χ3n) is 3.68. The largest absolute Gasteiger partial charge is 0.447 e. The summed E-state index contributed by atoms with van der Waals surface area (Å²) in [6.07, 6.45) is 2.59. The predicted octanol–water partition coefficient (Wildman–Crippen LogP) is -0.560. The number of nitrogens with two attached hydrogens (primary N) is 1. The topological polar surface area (TPSA) is 81.9 Å². The molecule has 1 amide bonds. The van der Waals surface area contributed by atoms with Crippen molar-refractivity contribution in [2.24, 2.45) is 5.73 Å². The van der Waals surface area contributed by atoms with Crippen LogP contribution in [0.4, 0.5) is 0 Å². The molecule has 0 bridgehead atoms. The molecule has 22 heavy (non-hydrogen) atoms. The number of hydrogen-bond donors (Lipinski definition) is 1. The number of carbonyl (C=O) groups excluding carboxylic acids is 2. The molecule has 2 N–H and O–H groups in total. The molecule has 1 fully saturated rings. The summed E-state index contributed by atoms with van der Waals surface area (Å²) in [6, 6.07) is -0.522. The van der Waals surface area contributed by atoms with Gasteiger partial charge in [-0.05, 0) is 12.2 Å². The fourth-order valence-corrected chi connectivity index (χ4v) is 2.74. The zero-order valence-electron chi connectivity index (χ0n) is 12.6. The Hall–Kier alpha value is -2.28. The van der Waals surface area contributed by atoms with Crippen LogP contribution in [0.2, 0.25) is 0 Å². The summed E-state index contributed by atoms with van der Waals surface area (Å²) in [4.78, 5) is 25.4. The Bertz CT molecular complexity index is 620. The van der Waals surface area contributed by atoms with E-state index in [-0.39, 0.29) is 12.3 Å². The average molecular weight is 302 g/mol. The molecule has 0 spiro atoms. The van der Waals surface area contributed by atoms with Crippen molar-refractivity contribution in [1.82, 2.24) is 4.90 Å². The van der Waals surface area contributed by atoms with Crippen molar-refractivity contribution in [3.05, 3.63) is 12.2 Å². The number of amides is 1. The Balaban J connectivity index is 2.44. The van der Waals surface area contributed by atoms with Crippen LogP contribution in [-0.4, -0.2) is 54.7 Å². The Kier molecular flexibility index (Phi) is 4.87. The van der Waals surface area contributed by atoms with Gasteiger partial charge in [0.25, 0.3) is 5.91 Å². The molecular weight excluding hydrogens is 284 g/mol. The molecular formula is C16H18N2O4. The van der Waals surface area contributed by atoms with E-state index in [4.69, 9.17) is 15.2 Å².